The normalized spacial score (nSPS) is 12.0. The highest BCUT2D eigenvalue weighted by molar-refractivity contribution is 7.13. The summed E-state index contributed by atoms with van der Waals surface area (Å²) in [7, 11) is 1.30. The Bertz CT molecular complexity index is 996. The second-order valence-electron chi connectivity index (χ2n) is 5.99. The van der Waals surface area contributed by atoms with Crippen LogP contribution in [-0.2, 0) is 31.0 Å². The van der Waals surface area contributed by atoms with Gasteiger partial charge in [-0.2, -0.15) is 35.8 Å². The molecule has 0 bridgehead atoms. The molecule has 1 aromatic carbocycles. The highest BCUT2D eigenvalue weighted by Crippen LogP contribution is 2.31. The third kappa shape index (κ3) is 6.16. The highest BCUT2D eigenvalue weighted by atomic mass is 32.1. The monoisotopic (exact) mass is 454 g/mol. The number of hydrogen-bond donors (Lipinski definition) is 2. The smallest absolute Gasteiger partial charge is 0.475 e. The molecule has 0 aliphatic heterocycles. The lowest BCUT2D eigenvalue weighted by atomic mass is 10.2. The van der Waals surface area contributed by atoms with Crippen molar-refractivity contribution in [2.75, 3.05) is 6.54 Å². The van der Waals surface area contributed by atoms with Gasteiger partial charge >= 0.3 is 18.3 Å². The van der Waals surface area contributed by atoms with Crippen LogP contribution in [0.25, 0.3) is 10.1 Å². The van der Waals surface area contributed by atoms with Crippen LogP contribution in [0, 0.1) is 0 Å². The average molecular weight is 454 g/mol. The fraction of sp³-hybridized carbons (Fsp3) is 0.353. The summed E-state index contributed by atoms with van der Waals surface area (Å²) in [6, 6.07) is 7.94. The van der Waals surface area contributed by atoms with Crippen LogP contribution in [0.15, 0.2) is 30.5 Å². The number of carbonyl (C=O) groups is 1. The first-order valence-electron chi connectivity index (χ1n) is 8.33. The number of aryl methyl sites for hydroxylation is 1. The van der Waals surface area contributed by atoms with Crippen molar-refractivity contribution in [3.8, 4) is 0 Å². The van der Waals surface area contributed by atoms with E-state index in [1.807, 2.05) is 24.3 Å². The fourth-order valence-electron chi connectivity index (χ4n) is 2.53. The summed E-state index contributed by atoms with van der Waals surface area (Å²) in [6.07, 6.45) is -7.55. The molecule has 0 saturated carbocycles. The Kier molecular flexibility index (Phi) is 7.42. The number of aromatic nitrogens is 3. The Morgan fingerprint density at radius 3 is 2.43 bits per heavy atom. The summed E-state index contributed by atoms with van der Waals surface area (Å²) in [5.74, 6) is -2.76. The van der Waals surface area contributed by atoms with E-state index in [1.165, 1.54) is 24.8 Å². The summed E-state index contributed by atoms with van der Waals surface area (Å²) in [5.41, 5.74) is 0.424. The van der Waals surface area contributed by atoms with Crippen LogP contribution in [0.5, 0.6) is 0 Å². The van der Waals surface area contributed by atoms with Gasteiger partial charge < -0.3 is 10.4 Å². The Morgan fingerprint density at radius 1 is 1.20 bits per heavy atom. The van der Waals surface area contributed by atoms with Crippen molar-refractivity contribution in [2.45, 2.75) is 25.3 Å². The zero-order valence-corrected chi connectivity index (χ0v) is 16.2. The average Bonchev–Trinajstić information content (AvgIpc) is 3.21. The summed E-state index contributed by atoms with van der Waals surface area (Å²) >= 11 is 1.44. The van der Waals surface area contributed by atoms with Gasteiger partial charge in [0.25, 0.3) is 0 Å². The lowest BCUT2D eigenvalue weighted by Gasteiger charge is -2.10. The van der Waals surface area contributed by atoms with Crippen molar-refractivity contribution in [3.05, 3.63) is 47.4 Å². The number of nitrogens with one attached hydrogen (secondary N) is 1. The van der Waals surface area contributed by atoms with Crippen LogP contribution in [0.3, 0.4) is 0 Å². The third-order valence-corrected chi connectivity index (χ3v) is 4.70. The van der Waals surface area contributed by atoms with Gasteiger partial charge in [-0.1, -0.05) is 18.2 Å². The van der Waals surface area contributed by atoms with Gasteiger partial charge in [-0.15, -0.1) is 0 Å². The standard InChI is InChI=1S/C15H15F3N4S.C2HF3O2/c1-22-14(15(16,17)18)10(9-20-22)8-19-7-6-12-11-4-2-3-5-13(11)23-21-12;3-2(4,5)1(6)7/h2-5,9,19H,6-8H2,1H3;(H,6,7). The molecule has 0 unspecified atom stereocenters. The number of alkyl halides is 6. The quantitative estimate of drug-likeness (QED) is 0.450. The van der Waals surface area contributed by atoms with E-state index < -0.39 is 24.0 Å². The van der Waals surface area contributed by atoms with Crippen molar-refractivity contribution < 1.29 is 36.2 Å². The van der Waals surface area contributed by atoms with E-state index in [4.69, 9.17) is 9.90 Å². The Morgan fingerprint density at radius 2 is 1.83 bits per heavy atom. The zero-order chi connectivity index (χ0) is 22.5. The van der Waals surface area contributed by atoms with Crippen molar-refractivity contribution in [3.63, 3.8) is 0 Å². The molecule has 0 saturated heterocycles. The number of hydrogen-bond acceptors (Lipinski definition) is 5. The molecule has 2 N–H and O–H groups in total. The van der Waals surface area contributed by atoms with Crippen LogP contribution in [0.2, 0.25) is 0 Å². The summed E-state index contributed by atoms with van der Waals surface area (Å²) in [5, 5.41) is 15.0. The predicted octanol–water partition coefficient (Wildman–Crippen LogP) is 4.01. The number of carboxylic acid groups (broad SMARTS) is 1. The van der Waals surface area contributed by atoms with Crippen molar-refractivity contribution in [2.24, 2.45) is 7.05 Å². The van der Waals surface area contributed by atoms with Crippen molar-refractivity contribution in [1.29, 1.82) is 0 Å². The van der Waals surface area contributed by atoms with Crippen LogP contribution in [0.4, 0.5) is 26.3 Å². The van der Waals surface area contributed by atoms with Crippen LogP contribution >= 0.6 is 11.5 Å². The molecule has 0 radical (unpaired) electrons. The summed E-state index contributed by atoms with van der Waals surface area (Å²) in [6.45, 7) is 0.685. The van der Waals surface area contributed by atoms with Gasteiger partial charge in [0, 0.05) is 37.5 Å². The molecule has 0 amide bonds. The third-order valence-electron chi connectivity index (χ3n) is 3.83. The molecule has 0 fully saturated rings. The molecule has 6 nitrogen and oxygen atoms in total. The molecule has 2 aromatic heterocycles. The number of nitrogens with zero attached hydrogens (tertiary/aromatic N) is 3. The number of fused-ring (bicyclic) bond motifs is 1. The molecule has 2 heterocycles. The van der Waals surface area contributed by atoms with Crippen LogP contribution in [-0.4, -0.2) is 38.0 Å². The summed E-state index contributed by atoms with van der Waals surface area (Å²) < 4.78 is 77.0. The molecule has 0 aliphatic carbocycles. The Labute approximate surface area is 170 Å². The second-order valence-corrected chi connectivity index (χ2v) is 6.80. The number of aliphatic carboxylic acids is 1. The molecule has 0 aliphatic rings. The number of carboxylic acids is 1. The van der Waals surface area contributed by atoms with E-state index in [0.29, 0.717) is 13.0 Å². The minimum Gasteiger partial charge on any atom is -0.475 e. The van der Waals surface area contributed by atoms with Gasteiger partial charge in [-0.3, -0.25) is 4.68 Å². The maximum atomic E-state index is 13.0. The first-order valence-corrected chi connectivity index (χ1v) is 9.10. The highest BCUT2D eigenvalue weighted by Gasteiger charge is 2.38. The van der Waals surface area contributed by atoms with Gasteiger partial charge in [0.15, 0.2) is 0 Å². The predicted molar refractivity (Wildman–Crippen MR) is 96.9 cm³/mol. The van der Waals surface area contributed by atoms with Gasteiger partial charge in [0.05, 0.1) is 16.6 Å². The maximum Gasteiger partial charge on any atom is 0.490 e. The van der Waals surface area contributed by atoms with E-state index in [9.17, 15) is 26.3 Å². The van der Waals surface area contributed by atoms with E-state index in [0.717, 1.165) is 20.5 Å². The summed E-state index contributed by atoms with van der Waals surface area (Å²) in [4.78, 5) is 8.90. The first-order chi connectivity index (χ1) is 13.9. The van der Waals surface area contributed by atoms with Gasteiger partial charge in [-0.05, 0) is 17.6 Å². The van der Waals surface area contributed by atoms with E-state index in [-0.39, 0.29) is 12.1 Å². The van der Waals surface area contributed by atoms with Gasteiger partial charge in [-0.25, -0.2) is 4.79 Å². The molecule has 3 rings (SSSR count). The fourth-order valence-corrected chi connectivity index (χ4v) is 3.35. The maximum absolute atomic E-state index is 13.0. The van der Waals surface area contributed by atoms with Crippen LogP contribution < -0.4 is 5.32 Å². The Hall–Kier alpha value is -2.67. The largest absolute Gasteiger partial charge is 0.490 e. The van der Waals surface area contributed by atoms with E-state index in [1.54, 1.807) is 0 Å². The molecule has 0 atom stereocenters. The molecule has 13 heteroatoms. The minimum absolute atomic E-state index is 0.130. The van der Waals surface area contributed by atoms with Gasteiger partial charge in [0.1, 0.15) is 5.69 Å². The number of benzene rings is 1. The first kappa shape index (κ1) is 23.6. The molecule has 164 valence electrons. The Balaban J connectivity index is 0.000000396. The minimum atomic E-state index is -5.08. The number of halogens is 6. The number of rotatable bonds is 5. The molecular formula is C17H16F6N4O2S. The SMILES string of the molecule is Cn1ncc(CNCCc2nsc3ccccc23)c1C(F)(F)F.O=C(O)C(F)(F)F. The molecular weight excluding hydrogens is 438 g/mol. The van der Waals surface area contributed by atoms with Crippen molar-refractivity contribution in [1.82, 2.24) is 19.5 Å². The van der Waals surface area contributed by atoms with Gasteiger partial charge in [0.2, 0.25) is 0 Å². The zero-order valence-electron chi connectivity index (χ0n) is 15.4. The molecule has 3 aromatic rings. The lowest BCUT2D eigenvalue weighted by molar-refractivity contribution is -0.192. The van der Waals surface area contributed by atoms with E-state index in [2.05, 4.69) is 14.8 Å². The molecule has 30 heavy (non-hydrogen) atoms. The van der Waals surface area contributed by atoms with E-state index >= 15 is 0 Å². The lowest BCUT2D eigenvalue weighted by Crippen LogP contribution is -2.21. The molecule has 0 spiro atoms. The second kappa shape index (κ2) is 9.43. The van der Waals surface area contributed by atoms with Crippen LogP contribution in [0.1, 0.15) is 17.0 Å². The topological polar surface area (TPSA) is 80.0 Å². The van der Waals surface area contributed by atoms with Crippen molar-refractivity contribution >= 4 is 27.6 Å².